The Morgan fingerprint density at radius 3 is 2.41 bits per heavy atom. The lowest BCUT2D eigenvalue weighted by molar-refractivity contribution is -0.0436. The zero-order valence-corrected chi connectivity index (χ0v) is 21.2. The molecular formula is C21H25F3N6O5S2. The van der Waals surface area contributed by atoms with Crippen LogP contribution in [0.5, 0.6) is 0 Å². The lowest BCUT2D eigenvalue weighted by atomic mass is 9.82. The number of primary amides is 1. The van der Waals surface area contributed by atoms with E-state index in [0.29, 0.717) is 19.3 Å². The number of nitrogens with two attached hydrogens (primary N) is 1. The molecule has 0 aliphatic heterocycles. The molecule has 3 unspecified atom stereocenters. The quantitative estimate of drug-likeness (QED) is 0.412. The van der Waals surface area contributed by atoms with Crippen LogP contribution in [-0.4, -0.2) is 62.6 Å². The second-order valence-corrected chi connectivity index (χ2v) is 12.9. The Hall–Kier alpha value is -3.16. The number of alkyl halides is 3. The minimum absolute atomic E-state index is 0.0102. The van der Waals surface area contributed by atoms with Gasteiger partial charge in [0, 0.05) is 30.7 Å². The van der Waals surface area contributed by atoms with Crippen LogP contribution in [0.3, 0.4) is 0 Å². The molecule has 202 valence electrons. The van der Waals surface area contributed by atoms with E-state index in [9.17, 15) is 40.1 Å². The number of nitrogens with zero attached hydrogens (tertiary/aromatic N) is 3. The number of benzene rings is 1. The first-order valence-electron chi connectivity index (χ1n) is 11.0. The first kappa shape index (κ1) is 28.4. The van der Waals surface area contributed by atoms with E-state index in [1.165, 1.54) is 10.9 Å². The lowest BCUT2D eigenvalue weighted by Crippen LogP contribution is -2.40. The van der Waals surface area contributed by atoms with Crippen LogP contribution in [0.4, 0.5) is 24.7 Å². The van der Waals surface area contributed by atoms with Gasteiger partial charge < -0.3 is 16.4 Å². The van der Waals surface area contributed by atoms with Gasteiger partial charge in [-0.15, -0.1) is 0 Å². The Morgan fingerprint density at radius 2 is 1.86 bits per heavy atom. The largest absolute Gasteiger partial charge is 0.501 e. The number of rotatable bonds is 9. The number of nitriles is 1. The van der Waals surface area contributed by atoms with Gasteiger partial charge in [0.2, 0.25) is 0 Å². The second-order valence-electron chi connectivity index (χ2n) is 8.73. The van der Waals surface area contributed by atoms with Gasteiger partial charge in [-0.25, -0.2) is 16.8 Å². The molecule has 1 aliphatic rings. The summed E-state index contributed by atoms with van der Waals surface area (Å²) < 4.78 is 85.5. The van der Waals surface area contributed by atoms with Gasteiger partial charge >= 0.3 is 5.51 Å². The van der Waals surface area contributed by atoms with Crippen molar-refractivity contribution in [3.63, 3.8) is 0 Å². The number of anilines is 2. The number of nitrogens with one attached hydrogen (secondary N) is 2. The fourth-order valence-electron chi connectivity index (χ4n) is 4.07. The van der Waals surface area contributed by atoms with Gasteiger partial charge in [0.15, 0.2) is 5.82 Å². The third-order valence-corrected chi connectivity index (χ3v) is 8.40. The van der Waals surface area contributed by atoms with Crippen molar-refractivity contribution in [2.24, 2.45) is 11.7 Å². The second kappa shape index (κ2) is 10.7. The normalized spacial score (nSPS) is 20.8. The summed E-state index contributed by atoms with van der Waals surface area (Å²) in [7, 11) is -8.63. The van der Waals surface area contributed by atoms with Gasteiger partial charge in [-0.3, -0.25) is 9.48 Å². The summed E-state index contributed by atoms with van der Waals surface area (Å²) in [5, 5.41) is 19.9. The van der Waals surface area contributed by atoms with Crippen LogP contribution in [0.1, 0.15) is 35.7 Å². The van der Waals surface area contributed by atoms with Crippen molar-refractivity contribution in [2.75, 3.05) is 23.9 Å². The van der Waals surface area contributed by atoms with Crippen molar-refractivity contribution in [3.05, 3.63) is 36.0 Å². The van der Waals surface area contributed by atoms with E-state index in [1.54, 1.807) is 0 Å². The van der Waals surface area contributed by atoms with Gasteiger partial charge in [-0.2, -0.15) is 23.5 Å². The summed E-state index contributed by atoms with van der Waals surface area (Å²) in [6, 6.07) is 5.47. The van der Waals surface area contributed by atoms with Crippen LogP contribution in [-0.2, 0) is 19.7 Å². The molecule has 1 saturated carbocycles. The van der Waals surface area contributed by atoms with Gasteiger partial charge in [-0.1, -0.05) is 0 Å². The maximum atomic E-state index is 12.8. The average Bonchev–Trinajstić information content (AvgIpc) is 3.21. The van der Waals surface area contributed by atoms with Crippen molar-refractivity contribution < 1.29 is 34.8 Å². The first-order chi connectivity index (χ1) is 17.1. The summed E-state index contributed by atoms with van der Waals surface area (Å²) >= 11 is 0. The Morgan fingerprint density at radius 1 is 1.22 bits per heavy atom. The van der Waals surface area contributed by atoms with Crippen molar-refractivity contribution >= 4 is 37.1 Å². The molecule has 1 aromatic heterocycles. The Labute approximate surface area is 211 Å². The number of carbonyl (C=O) groups excluding carboxylic acids is 1. The smallest absolute Gasteiger partial charge is 0.365 e. The van der Waals surface area contributed by atoms with Crippen LogP contribution >= 0.6 is 0 Å². The predicted octanol–water partition coefficient (Wildman–Crippen LogP) is 1.89. The molecule has 16 heteroatoms. The number of hydrogen-bond donors (Lipinski definition) is 3. The molecule has 0 spiro atoms. The van der Waals surface area contributed by atoms with Gasteiger partial charge in [0.25, 0.3) is 15.7 Å². The highest BCUT2D eigenvalue weighted by Gasteiger charge is 2.46. The highest BCUT2D eigenvalue weighted by molar-refractivity contribution is 7.92. The molecule has 0 bridgehead atoms. The highest BCUT2D eigenvalue weighted by atomic mass is 32.2. The molecular weight excluding hydrogens is 537 g/mol. The Bertz CT molecular complexity index is 1400. The molecule has 3 rings (SSSR count). The van der Waals surface area contributed by atoms with Crippen molar-refractivity contribution in [3.8, 4) is 6.07 Å². The lowest BCUT2D eigenvalue weighted by Gasteiger charge is -2.33. The summed E-state index contributed by atoms with van der Waals surface area (Å²) in [5.74, 6) is -1.38. The summed E-state index contributed by atoms with van der Waals surface area (Å²) in [6.07, 6.45) is 4.06. The average molecular weight is 563 g/mol. The third kappa shape index (κ3) is 6.79. The van der Waals surface area contributed by atoms with Gasteiger partial charge in [-0.05, 0) is 43.5 Å². The molecule has 1 aliphatic carbocycles. The van der Waals surface area contributed by atoms with Crippen molar-refractivity contribution in [1.82, 2.24) is 15.1 Å². The number of carbonyl (C=O) groups is 1. The van der Waals surface area contributed by atoms with E-state index in [-0.39, 0.29) is 35.4 Å². The molecule has 1 amide bonds. The molecule has 11 nitrogen and oxygen atoms in total. The fourth-order valence-corrected chi connectivity index (χ4v) is 5.32. The SMILES string of the molecule is CS(=O)(=O)CCNC1CCC(n2cc(C(N)=O)c(Nc3ccc(S(=O)(=O)C(F)(F)F)cc3)n2)C(C#N)C1. The zero-order valence-electron chi connectivity index (χ0n) is 19.6. The number of hydrogen-bond acceptors (Lipinski definition) is 9. The van der Waals surface area contributed by atoms with Crippen molar-refractivity contribution in [2.45, 2.75) is 41.7 Å². The summed E-state index contributed by atoms with van der Waals surface area (Å²) in [6.45, 7) is 0.261. The van der Waals surface area contributed by atoms with E-state index in [4.69, 9.17) is 5.73 Å². The number of aromatic nitrogens is 2. The zero-order chi connectivity index (χ0) is 27.6. The van der Waals surface area contributed by atoms with E-state index >= 15 is 0 Å². The molecule has 0 radical (unpaired) electrons. The maximum absolute atomic E-state index is 12.8. The van der Waals surface area contributed by atoms with Crippen LogP contribution in [0.25, 0.3) is 0 Å². The van der Waals surface area contributed by atoms with Crippen LogP contribution in [0.2, 0.25) is 0 Å². The van der Waals surface area contributed by atoms with Crippen LogP contribution < -0.4 is 16.4 Å². The van der Waals surface area contributed by atoms with E-state index in [1.807, 2.05) is 0 Å². The van der Waals surface area contributed by atoms with E-state index in [2.05, 4.69) is 21.8 Å². The molecule has 1 heterocycles. The number of amides is 1. The maximum Gasteiger partial charge on any atom is 0.501 e. The van der Waals surface area contributed by atoms with Crippen molar-refractivity contribution in [1.29, 1.82) is 5.26 Å². The van der Waals surface area contributed by atoms with E-state index < -0.39 is 47.9 Å². The summed E-state index contributed by atoms with van der Waals surface area (Å²) in [5.41, 5.74) is 0.140. The fraction of sp³-hybridized carbons (Fsp3) is 0.476. The number of halogens is 3. The standard InChI is InChI=1S/C21H25F3N6O5S2/c1-36(32,33)9-8-27-15-4-7-18(13(10-15)11-25)30-12-17(19(26)31)20(29-30)28-14-2-5-16(6-3-14)37(34,35)21(22,23)24/h2-3,5-6,12-13,15,18,27H,4,7-10H2,1H3,(H2,26,31)(H,28,29). The topological polar surface area (TPSA) is 177 Å². The van der Waals surface area contributed by atoms with Gasteiger partial charge in [0.05, 0.1) is 28.7 Å². The minimum atomic E-state index is -5.51. The predicted molar refractivity (Wildman–Crippen MR) is 127 cm³/mol. The van der Waals surface area contributed by atoms with Crippen LogP contribution in [0.15, 0.2) is 35.4 Å². The Balaban J connectivity index is 1.77. The molecule has 4 N–H and O–H groups in total. The summed E-state index contributed by atoms with van der Waals surface area (Å²) in [4.78, 5) is 11.1. The minimum Gasteiger partial charge on any atom is -0.365 e. The molecule has 1 fully saturated rings. The molecule has 0 saturated heterocycles. The van der Waals surface area contributed by atoms with E-state index in [0.717, 1.165) is 30.5 Å². The molecule has 3 atom stereocenters. The monoisotopic (exact) mass is 562 g/mol. The molecule has 1 aromatic carbocycles. The highest BCUT2D eigenvalue weighted by Crippen LogP contribution is 2.35. The Kier molecular flexibility index (Phi) is 8.20. The molecule has 37 heavy (non-hydrogen) atoms. The first-order valence-corrected chi connectivity index (χ1v) is 14.5. The third-order valence-electron chi connectivity index (χ3n) is 5.95. The van der Waals surface area contributed by atoms with Crippen LogP contribution in [0, 0.1) is 17.2 Å². The van der Waals surface area contributed by atoms with Gasteiger partial charge in [0.1, 0.15) is 15.4 Å². The molecule has 2 aromatic rings. The number of sulfone groups is 2.